The first-order valence-electron chi connectivity index (χ1n) is 8.83. The lowest BCUT2D eigenvalue weighted by Gasteiger charge is -2.16. The molecule has 25 heavy (non-hydrogen) atoms. The van der Waals surface area contributed by atoms with Gasteiger partial charge in [0, 0.05) is 24.3 Å². The van der Waals surface area contributed by atoms with Gasteiger partial charge < -0.3 is 10.1 Å². The van der Waals surface area contributed by atoms with Crippen LogP contribution in [0.25, 0.3) is 0 Å². The van der Waals surface area contributed by atoms with E-state index in [0.29, 0.717) is 11.7 Å². The molecule has 1 aromatic carbocycles. The summed E-state index contributed by atoms with van der Waals surface area (Å²) in [4.78, 5) is 12.5. The molecule has 2 rings (SSSR count). The second-order valence-corrected chi connectivity index (χ2v) is 8.60. The normalized spacial score (nSPS) is 19.1. The number of nitrogens with one attached hydrogen (secondary N) is 2. The summed E-state index contributed by atoms with van der Waals surface area (Å²) < 4.78 is 32.6. The molecule has 0 aromatic heterocycles. The zero-order valence-corrected chi connectivity index (χ0v) is 15.9. The van der Waals surface area contributed by atoms with Crippen LogP contribution in [0.5, 0.6) is 0 Å². The summed E-state index contributed by atoms with van der Waals surface area (Å²) in [6.45, 7) is 6.29. The molecule has 6 nitrogen and oxygen atoms in total. The van der Waals surface area contributed by atoms with Gasteiger partial charge in [-0.25, -0.2) is 13.1 Å². The summed E-state index contributed by atoms with van der Waals surface area (Å²) in [5.74, 6) is -0.263. The number of rotatable bonds is 8. The quantitative estimate of drug-likeness (QED) is 0.738. The average molecular weight is 368 g/mol. The minimum absolute atomic E-state index is 0.00533. The first-order chi connectivity index (χ1) is 11.8. The maximum absolute atomic E-state index is 12.4. The maximum atomic E-state index is 12.4. The van der Waals surface area contributed by atoms with Gasteiger partial charge in [-0.2, -0.15) is 0 Å². The molecule has 1 aliphatic heterocycles. The van der Waals surface area contributed by atoms with E-state index in [1.165, 1.54) is 12.1 Å². The molecule has 1 fully saturated rings. The van der Waals surface area contributed by atoms with Gasteiger partial charge >= 0.3 is 0 Å². The number of ether oxygens (including phenoxy) is 1. The Labute approximate surface area is 150 Å². The second-order valence-electron chi connectivity index (χ2n) is 6.89. The van der Waals surface area contributed by atoms with Crippen LogP contribution in [0, 0.1) is 0 Å². The SMILES string of the molecule is CC(C)NS(=O)(=O)c1cccc(C(=O)NC(C)CCC2CCCO2)c1. The van der Waals surface area contributed by atoms with E-state index in [9.17, 15) is 13.2 Å². The summed E-state index contributed by atoms with van der Waals surface area (Å²) in [5.41, 5.74) is 0.343. The lowest BCUT2D eigenvalue weighted by atomic mass is 10.1. The molecule has 0 aliphatic carbocycles. The number of hydrogen-bond donors (Lipinski definition) is 2. The molecule has 2 atom stereocenters. The number of amides is 1. The molecule has 140 valence electrons. The highest BCUT2D eigenvalue weighted by molar-refractivity contribution is 7.89. The molecule has 1 heterocycles. The van der Waals surface area contributed by atoms with E-state index in [-0.39, 0.29) is 22.9 Å². The van der Waals surface area contributed by atoms with Gasteiger partial charge in [0.15, 0.2) is 0 Å². The Morgan fingerprint density at radius 2 is 2.08 bits per heavy atom. The van der Waals surface area contributed by atoms with Gasteiger partial charge in [0.25, 0.3) is 5.91 Å². The Morgan fingerprint density at radius 1 is 1.32 bits per heavy atom. The fourth-order valence-corrected chi connectivity index (χ4v) is 4.17. The molecule has 1 saturated heterocycles. The van der Waals surface area contributed by atoms with Gasteiger partial charge in [-0.3, -0.25) is 4.79 Å². The van der Waals surface area contributed by atoms with E-state index >= 15 is 0 Å². The van der Waals surface area contributed by atoms with Crippen molar-refractivity contribution >= 4 is 15.9 Å². The number of hydrogen-bond acceptors (Lipinski definition) is 4. The number of benzene rings is 1. The van der Waals surface area contributed by atoms with Crippen molar-refractivity contribution in [1.82, 2.24) is 10.0 Å². The summed E-state index contributed by atoms with van der Waals surface area (Å²) in [5, 5.41) is 2.93. The van der Waals surface area contributed by atoms with Gasteiger partial charge in [-0.1, -0.05) is 6.07 Å². The zero-order chi connectivity index (χ0) is 18.4. The van der Waals surface area contributed by atoms with Crippen molar-refractivity contribution in [2.45, 2.75) is 69.5 Å². The molecule has 0 radical (unpaired) electrons. The topological polar surface area (TPSA) is 84.5 Å². The van der Waals surface area contributed by atoms with Gasteiger partial charge in [0.05, 0.1) is 11.0 Å². The van der Waals surface area contributed by atoms with Crippen molar-refractivity contribution in [3.8, 4) is 0 Å². The Kier molecular flexibility index (Phi) is 6.98. The minimum atomic E-state index is -3.61. The van der Waals surface area contributed by atoms with Gasteiger partial charge in [0.2, 0.25) is 10.0 Å². The molecular formula is C18H28N2O4S. The third-order valence-electron chi connectivity index (χ3n) is 4.12. The van der Waals surface area contributed by atoms with Crippen LogP contribution < -0.4 is 10.0 Å². The fraction of sp³-hybridized carbons (Fsp3) is 0.611. The van der Waals surface area contributed by atoms with Crippen LogP contribution >= 0.6 is 0 Å². The number of sulfonamides is 1. The molecule has 1 aromatic rings. The Bertz CT molecular complexity index is 682. The lowest BCUT2D eigenvalue weighted by Crippen LogP contribution is -2.33. The van der Waals surface area contributed by atoms with E-state index in [1.807, 2.05) is 6.92 Å². The molecule has 0 saturated carbocycles. The molecule has 2 unspecified atom stereocenters. The third kappa shape index (κ3) is 6.09. The summed E-state index contributed by atoms with van der Waals surface area (Å²) in [6, 6.07) is 5.90. The predicted molar refractivity (Wildman–Crippen MR) is 97.0 cm³/mol. The number of carbonyl (C=O) groups excluding carboxylic acids is 1. The summed E-state index contributed by atoms with van der Waals surface area (Å²) in [6.07, 6.45) is 4.26. The van der Waals surface area contributed by atoms with Crippen molar-refractivity contribution in [3.63, 3.8) is 0 Å². The second kappa shape index (κ2) is 8.78. The van der Waals surface area contributed by atoms with Crippen molar-refractivity contribution < 1.29 is 17.9 Å². The highest BCUT2D eigenvalue weighted by atomic mass is 32.2. The number of carbonyl (C=O) groups is 1. The first kappa shape index (κ1) is 19.9. The van der Waals surface area contributed by atoms with Crippen LogP contribution in [-0.2, 0) is 14.8 Å². The third-order valence-corrected chi connectivity index (χ3v) is 5.78. The summed E-state index contributed by atoms with van der Waals surface area (Å²) in [7, 11) is -3.61. The Balaban J connectivity index is 1.95. The highest BCUT2D eigenvalue weighted by Gasteiger charge is 2.19. The monoisotopic (exact) mass is 368 g/mol. The van der Waals surface area contributed by atoms with Crippen LogP contribution in [0.3, 0.4) is 0 Å². The fourth-order valence-electron chi connectivity index (χ4n) is 2.87. The van der Waals surface area contributed by atoms with Gasteiger partial charge in [-0.15, -0.1) is 0 Å². The van der Waals surface area contributed by atoms with Crippen LogP contribution in [0.1, 0.15) is 56.8 Å². The molecule has 1 aliphatic rings. The van der Waals surface area contributed by atoms with Gasteiger partial charge in [0.1, 0.15) is 0 Å². The standard InChI is InChI=1S/C18H28N2O4S/c1-13(2)20-25(22,23)17-8-4-6-15(12-17)18(21)19-14(3)9-10-16-7-5-11-24-16/h4,6,8,12-14,16,20H,5,7,9-11H2,1-3H3,(H,19,21). The van der Waals surface area contributed by atoms with Crippen molar-refractivity contribution in [2.24, 2.45) is 0 Å². The molecule has 1 amide bonds. The maximum Gasteiger partial charge on any atom is 0.251 e. The smallest absolute Gasteiger partial charge is 0.251 e. The van der Waals surface area contributed by atoms with Crippen molar-refractivity contribution in [2.75, 3.05) is 6.61 Å². The van der Waals surface area contributed by atoms with Gasteiger partial charge in [-0.05, 0) is 64.7 Å². The zero-order valence-electron chi connectivity index (χ0n) is 15.1. The van der Waals surface area contributed by atoms with Crippen molar-refractivity contribution in [3.05, 3.63) is 29.8 Å². The predicted octanol–water partition coefficient (Wildman–Crippen LogP) is 2.45. The van der Waals surface area contributed by atoms with E-state index in [1.54, 1.807) is 26.0 Å². The van der Waals surface area contributed by atoms with Crippen LogP contribution in [0.15, 0.2) is 29.2 Å². The van der Waals surface area contributed by atoms with Crippen LogP contribution in [0.4, 0.5) is 0 Å². The first-order valence-corrected chi connectivity index (χ1v) is 10.3. The largest absolute Gasteiger partial charge is 0.378 e. The van der Waals surface area contributed by atoms with E-state index in [0.717, 1.165) is 32.3 Å². The molecule has 0 bridgehead atoms. The molecular weight excluding hydrogens is 340 g/mol. The molecule has 2 N–H and O–H groups in total. The van der Waals surface area contributed by atoms with E-state index in [2.05, 4.69) is 10.0 Å². The van der Waals surface area contributed by atoms with E-state index < -0.39 is 10.0 Å². The average Bonchev–Trinajstić information content (AvgIpc) is 3.05. The highest BCUT2D eigenvalue weighted by Crippen LogP contribution is 2.18. The lowest BCUT2D eigenvalue weighted by molar-refractivity contribution is 0.0899. The Morgan fingerprint density at radius 3 is 2.72 bits per heavy atom. The Hall–Kier alpha value is -1.44. The van der Waals surface area contributed by atoms with E-state index in [4.69, 9.17) is 4.74 Å². The molecule has 7 heteroatoms. The van der Waals surface area contributed by atoms with Crippen molar-refractivity contribution in [1.29, 1.82) is 0 Å². The molecule has 0 spiro atoms. The summed E-state index contributed by atoms with van der Waals surface area (Å²) >= 11 is 0. The van der Waals surface area contributed by atoms with Crippen LogP contribution in [0.2, 0.25) is 0 Å². The van der Waals surface area contributed by atoms with Crippen LogP contribution in [-0.4, -0.2) is 39.1 Å². The minimum Gasteiger partial charge on any atom is -0.378 e.